The summed E-state index contributed by atoms with van der Waals surface area (Å²) >= 11 is 1.72. The average molecular weight is 297 g/mol. The highest BCUT2D eigenvalue weighted by molar-refractivity contribution is 7.99. The molecule has 0 aliphatic carbocycles. The number of carbonyl (C=O) groups is 1. The number of hydrogen-bond acceptors (Lipinski definition) is 3. The Bertz CT molecular complexity index is 752. The number of fused-ring (bicyclic) bond motifs is 2. The first-order valence-electron chi connectivity index (χ1n) is 6.62. The third-order valence-electron chi connectivity index (χ3n) is 3.51. The topological polar surface area (TPSA) is 40.5 Å². The first kappa shape index (κ1) is 13.8. The van der Waals surface area contributed by atoms with Crippen molar-refractivity contribution in [3.63, 3.8) is 0 Å². The summed E-state index contributed by atoms with van der Waals surface area (Å²) in [5.41, 5.74) is 3.59. The van der Waals surface area contributed by atoms with Gasteiger partial charge in [-0.3, -0.25) is 0 Å². The van der Waals surface area contributed by atoms with Crippen LogP contribution in [-0.4, -0.2) is 18.1 Å². The van der Waals surface area contributed by atoms with Gasteiger partial charge in [0.15, 0.2) is 0 Å². The van der Waals surface area contributed by atoms with Gasteiger partial charge in [0.25, 0.3) is 0 Å². The van der Waals surface area contributed by atoms with Gasteiger partial charge in [-0.05, 0) is 42.8 Å². The van der Waals surface area contributed by atoms with E-state index in [1.54, 1.807) is 24.8 Å². The maximum Gasteiger partial charge on any atom is 0.331 e. The lowest BCUT2D eigenvalue weighted by Gasteiger charge is -2.29. The molecule has 0 amide bonds. The molecule has 0 radical (unpaired) electrons. The Kier molecular flexibility index (Phi) is 3.47. The van der Waals surface area contributed by atoms with Gasteiger partial charge in [0.1, 0.15) is 0 Å². The first-order chi connectivity index (χ1) is 10.1. The lowest BCUT2D eigenvalue weighted by molar-refractivity contribution is -0.132. The molecule has 0 atom stereocenters. The number of anilines is 2. The van der Waals surface area contributed by atoms with E-state index in [-0.39, 0.29) is 0 Å². The lowest BCUT2D eigenvalue weighted by Crippen LogP contribution is -2.14. The van der Waals surface area contributed by atoms with Crippen LogP contribution in [-0.2, 0) is 4.79 Å². The van der Waals surface area contributed by atoms with Crippen LogP contribution >= 0.6 is 11.8 Å². The SMILES string of the molecule is C/C(=C\c1ccc2c(c1)Sc1ccccc1N2C)C(=O)O. The molecular weight excluding hydrogens is 282 g/mol. The summed E-state index contributed by atoms with van der Waals surface area (Å²) in [5, 5.41) is 8.97. The minimum Gasteiger partial charge on any atom is -0.478 e. The van der Waals surface area contributed by atoms with Crippen LogP contribution in [0.5, 0.6) is 0 Å². The third kappa shape index (κ3) is 2.54. The minimum atomic E-state index is -0.886. The predicted molar refractivity (Wildman–Crippen MR) is 86.4 cm³/mol. The summed E-state index contributed by atoms with van der Waals surface area (Å²) in [7, 11) is 2.05. The van der Waals surface area contributed by atoms with Gasteiger partial charge in [0.05, 0.1) is 11.4 Å². The van der Waals surface area contributed by atoms with Gasteiger partial charge < -0.3 is 10.0 Å². The van der Waals surface area contributed by atoms with E-state index in [0.717, 1.165) is 16.1 Å². The maximum atomic E-state index is 10.9. The second-order valence-corrected chi connectivity index (χ2v) is 6.07. The average Bonchev–Trinajstić information content (AvgIpc) is 2.47. The highest BCUT2D eigenvalue weighted by atomic mass is 32.2. The molecule has 2 aromatic rings. The zero-order chi connectivity index (χ0) is 15.0. The van der Waals surface area contributed by atoms with Gasteiger partial charge in [-0.2, -0.15) is 0 Å². The minimum absolute atomic E-state index is 0.338. The molecule has 0 fully saturated rings. The Hall–Kier alpha value is -2.20. The maximum absolute atomic E-state index is 10.9. The molecule has 106 valence electrons. The number of aliphatic carboxylic acids is 1. The fourth-order valence-electron chi connectivity index (χ4n) is 2.36. The van der Waals surface area contributed by atoms with E-state index in [0.29, 0.717) is 5.57 Å². The number of nitrogens with zero attached hydrogens (tertiary/aromatic N) is 1. The van der Waals surface area contributed by atoms with Crippen molar-refractivity contribution in [2.45, 2.75) is 16.7 Å². The molecule has 0 saturated heterocycles. The fourth-order valence-corrected chi connectivity index (χ4v) is 3.56. The summed E-state index contributed by atoms with van der Waals surface area (Å²) in [4.78, 5) is 15.4. The summed E-state index contributed by atoms with van der Waals surface area (Å²) in [6.45, 7) is 1.61. The van der Waals surface area contributed by atoms with Crippen LogP contribution in [0.1, 0.15) is 12.5 Å². The molecule has 1 N–H and O–H groups in total. The fraction of sp³-hybridized carbons (Fsp3) is 0.118. The highest BCUT2D eigenvalue weighted by Gasteiger charge is 2.20. The summed E-state index contributed by atoms with van der Waals surface area (Å²) in [5.74, 6) is -0.886. The molecule has 3 rings (SSSR count). The molecule has 0 aromatic heterocycles. The highest BCUT2D eigenvalue weighted by Crippen LogP contribution is 2.47. The van der Waals surface area contributed by atoms with Crippen LogP contribution in [0.25, 0.3) is 6.08 Å². The van der Waals surface area contributed by atoms with E-state index in [1.165, 1.54) is 10.6 Å². The van der Waals surface area contributed by atoms with Gasteiger partial charge in [-0.1, -0.05) is 30.0 Å². The van der Waals surface area contributed by atoms with Gasteiger partial charge in [0.2, 0.25) is 0 Å². The lowest BCUT2D eigenvalue weighted by atomic mass is 10.1. The van der Waals surface area contributed by atoms with Crippen molar-refractivity contribution in [3.8, 4) is 0 Å². The second kappa shape index (κ2) is 5.30. The number of carboxylic acid groups (broad SMARTS) is 1. The summed E-state index contributed by atoms with van der Waals surface area (Å²) in [6.07, 6.45) is 1.70. The Balaban J connectivity index is 2.02. The van der Waals surface area contributed by atoms with Crippen molar-refractivity contribution in [1.29, 1.82) is 0 Å². The van der Waals surface area contributed by atoms with Crippen LogP contribution in [0.2, 0.25) is 0 Å². The van der Waals surface area contributed by atoms with Crippen molar-refractivity contribution in [1.82, 2.24) is 0 Å². The monoisotopic (exact) mass is 297 g/mol. The van der Waals surface area contributed by atoms with E-state index in [4.69, 9.17) is 5.11 Å². The zero-order valence-electron chi connectivity index (χ0n) is 11.8. The molecule has 1 aliphatic rings. The van der Waals surface area contributed by atoms with Gasteiger partial charge >= 0.3 is 5.97 Å². The Labute approximate surface area is 127 Å². The molecule has 21 heavy (non-hydrogen) atoms. The number of carboxylic acids is 1. The van der Waals surface area contributed by atoms with Crippen molar-refractivity contribution < 1.29 is 9.90 Å². The molecule has 2 aromatic carbocycles. The molecule has 3 nitrogen and oxygen atoms in total. The standard InChI is InChI=1S/C17H15NO2S/c1-11(17(19)20)9-12-7-8-14-16(10-12)21-15-6-4-3-5-13(15)18(14)2/h3-10H,1-2H3,(H,19,20)/b11-9+. The molecule has 0 saturated carbocycles. The van der Waals surface area contributed by atoms with Gasteiger partial charge in [-0.15, -0.1) is 0 Å². The molecule has 4 heteroatoms. The summed E-state index contributed by atoms with van der Waals surface area (Å²) < 4.78 is 0. The van der Waals surface area contributed by atoms with E-state index in [2.05, 4.69) is 24.1 Å². The van der Waals surface area contributed by atoms with E-state index in [1.807, 2.05) is 30.3 Å². The van der Waals surface area contributed by atoms with Crippen molar-refractivity contribution in [2.75, 3.05) is 11.9 Å². The zero-order valence-corrected chi connectivity index (χ0v) is 12.6. The third-order valence-corrected chi connectivity index (χ3v) is 4.62. The molecular formula is C17H15NO2S. The van der Waals surface area contributed by atoms with Crippen LogP contribution in [0.3, 0.4) is 0 Å². The predicted octanol–water partition coefficient (Wildman–Crippen LogP) is 4.41. The van der Waals surface area contributed by atoms with E-state index in [9.17, 15) is 4.79 Å². The first-order valence-corrected chi connectivity index (χ1v) is 7.44. The number of benzene rings is 2. The van der Waals surface area contributed by atoms with Gasteiger partial charge in [0, 0.05) is 22.4 Å². The van der Waals surface area contributed by atoms with Crippen molar-refractivity contribution in [2.24, 2.45) is 0 Å². The van der Waals surface area contributed by atoms with Gasteiger partial charge in [-0.25, -0.2) is 4.79 Å². The Morgan fingerprint density at radius 1 is 1.14 bits per heavy atom. The molecule has 1 aliphatic heterocycles. The second-order valence-electron chi connectivity index (χ2n) is 4.99. The number of para-hydroxylation sites is 1. The van der Waals surface area contributed by atoms with Crippen LogP contribution in [0, 0.1) is 0 Å². The Morgan fingerprint density at radius 3 is 2.62 bits per heavy atom. The molecule has 0 unspecified atom stereocenters. The largest absolute Gasteiger partial charge is 0.478 e. The van der Waals surface area contributed by atoms with Crippen molar-refractivity contribution in [3.05, 3.63) is 53.6 Å². The normalized spacial score (nSPS) is 13.6. The smallest absolute Gasteiger partial charge is 0.331 e. The number of hydrogen-bond donors (Lipinski definition) is 1. The quantitative estimate of drug-likeness (QED) is 0.834. The van der Waals surface area contributed by atoms with Crippen LogP contribution in [0.4, 0.5) is 11.4 Å². The number of rotatable bonds is 2. The van der Waals surface area contributed by atoms with Crippen LogP contribution < -0.4 is 4.90 Å². The van der Waals surface area contributed by atoms with E-state index < -0.39 is 5.97 Å². The van der Waals surface area contributed by atoms with Crippen LogP contribution in [0.15, 0.2) is 57.8 Å². The Morgan fingerprint density at radius 2 is 1.86 bits per heavy atom. The van der Waals surface area contributed by atoms with Crippen molar-refractivity contribution >= 4 is 35.2 Å². The van der Waals surface area contributed by atoms with E-state index >= 15 is 0 Å². The molecule has 1 heterocycles. The molecule has 0 spiro atoms. The summed E-state index contributed by atoms with van der Waals surface area (Å²) in [6, 6.07) is 14.3. The molecule has 0 bridgehead atoms.